The second-order valence-electron chi connectivity index (χ2n) is 2.90. The van der Waals surface area contributed by atoms with Gasteiger partial charge in [-0.15, -0.1) is 0 Å². The predicted molar refractivity (Wildman–Crippen MR) is 52.9 cm³/mol. The normalized spacial score (nSPS) is 10.9. The minimum Gasteiger partial charge on any atom is -0.360 e. The largest absolute Gasteiger partial charge is 0.360 e. The third-order valence-electron chi connectivity index (χ3n) is 2.01. The standard InChI is InChI=1S/C11H7FN2/c12-9-3-4-10-8(2-1-5-13)7-14-11(10)6-9/h1-4,6-7,14H. The minimum atomic E-state index is -0.268. The van der Waals surface area contributed by atoms with Crippen LogP contribution in [0.1, 0.15) is 5.56 Å². The summed E-state index contributed by atoms with van der Waals surface area (Å²) < 4.78 is 12.8. The Bertz CT molecular complexity index is 532. The summed E-state index contributed by atoms with van der Waals surface area (Å²) in [6, 6.07) is 6.44. The Morgan fingerprint density at radius 2 is 2.29 bits per heavy atom. The number of halogens is 1. The van der Waals surface area contributed by atoms with Crippen LogP contribution < -0.4 is 0 Å². The van der Waals surface area contributed by atoms with Gasteiger partial charge in [0.05, 0.1) is 6.07 Å². The van der Waals surface area contributed by atoms with Gasteiger partial charge in [0.2, 0.25) is 0 Å². The fourth-order valence-electron chi connectivity index (χ4n) is 1.39. The molecule has 0 aliphatic heterocycles. The molecule has 2 aromatic rings. The maximum absolute atomic E-state index is 12.8. The van der Waals surface area contributed by atoms with E-state index in [0.717, 1.165) is 16.5 Å². The molecule has 0 spiro atoms. The van der Waals surface area contributed by atoms with E-state index in [2.05, 4.69) is 4.98 Å². The number of hydrogen-bond acceptors (Lipinski definition) is 1. The number of benzene rings is 1. The van der Waals surface area contributed by atoms with Crippen molar-refractivity contribution in [1.82, 2.24) is 4.98 Å². The Morgan fingerprint density at radius 1 is 1.43 bits per heavy atom. The summed E-state index contributed by atoms with van der Waals surface area (Å²) in [7, 11) is 0. The lowest BCUT2D eigenvalue weighted by Crippen LogP contribution is -1.73. The van der Waals surface area contributed by atoms with Crippen molar-refractivity contribution in [2.75, 3.05) is 0 Å². The Kier molecular flexibility index (Phi) is 2.04. The Hall–Kier alpha value is -2.08. The highest BCUT2D eigenvalue weighted by molar-refractivity contribution is 5.89. The Morgan fingerprint density at radius 3 is 3.07 bits per heavy atom. The van der Waals surface area contributed by atoms with Crippen LogP contribution in [0.25, 0.3) is 17.0 Å². The maximum atomic E-state index is 12.8. The third kappa shape index (κ3) is 1.38. The number of nitriles is 1. The van der Waals surface area contributed by atoms with Crippen LogP contribution in [0.5, 0.6) is 0 Å². The molecule has 0 saturated carbocycles. The smallest absolute Gasteiger partial charge is 0.125 e. The molecule has 0 unspecified atom stereocenters. The van der Waals surface area contributed by atoms with Gasteiger partial charge in [-0.25, -0.2) is 4.39 Å². The molecule has 0 amide bonds. The summed E-state index contributed by atoms with van der Waals surface area (Å²) in [6.45, 7) is 0. The molecular weight excluding hydrogens is 179 g/mol. The van der Waals surface area contributed by atoms with E-state index in [9.17, 15) is 4.39 Å². The van der Waals surface area contributed by atoms with Crippen molar-refractivity contribution in [1.29, 1.82) is 5.26 Å². The lowest BCUT2D eigenvalue weighted by molar-refractivity contribution is 0.629. The summed E-state index contributed by atoms with van der Waals surface area (Å²) in [5, 5.41) is 9.29. The van der Waals surface area contributed by atoms with Crippen LogP contribution in [0.2, 0.25) is 0 Å². The van der Waals surface area contributed by atoms with Crippen molar-refractivity contribution < 1.29 is 4.39 Å². The zero-order valence-electron chi connectivity index (χ0n) is 7.29. The Labute approximate surface area is 80.3 Å². The summed E-state index contributed by atoms with van der Waals surface area (Å²) >= 11 is 0. The molecule has 68 valence electrons. The number of nitrogens with one attached hydrogen (secondary N) is 1. The van der Waals surface area contributed by atoms with Gasteiger partial charge < -0.3 is 4.98 Å². The number of fused-ring (bicyclic) bond motifs is 1. The summed E-state index contributed by atoms with van der Waals surface area (Å²) in [5.41, 5.74) is 1.63. The maximum Gasteiger partial charge on any atom is 0.125 e. The van der Waals surface area contributed by atoms with Crippen LogP contribution in [-0.4, -0.2) is 4.98 Å². The fourth-order valence-corrected chi connectivity index (χ4v) is 1.39. The second kappa shape index (κ2) is 3.35. The molecule has 1 heterocycles. The van der Waals surface area contributed by atoms with E-state index in [-0.39, 0.29) is 5.82 Å². The highest BCUT2D eigenvalue weighted by Gasteiger charge is 2.00. The molecule has 3 heteroatoms. The lowest BCUT2D eigenvalue weighted by atomic mass is 10.1. The summed E-state index contributed by atoms with van der Waals surface area (Å²) in [4.78, 5) is 2.94. The van der Waals surface area contributed by atoms with Crippen molar-refractivity contribution in [3.8, 4) is 6.07 Å². The van der Waals surface area contributed by atoms with Gasteiger partial charge in [-0.1, -0.05) is 0 Å². The average molecular weight is 186 g/mol. The number of rotatable bonds is 1. The van der Waals surface area contributed by atoms with Crippen molar-refractivity contribution in [2.45, 2.75) is 0 Å². The zero-order chi connectivity index (χ0) is 9.97. The number of aromatic amines is 1. The van der Waals surface area contributed by atoms with Gasteiger partial charge >= 0.3 is 0 Å². The molecule has 1 aromatic heterocycles. The number of H-pyrrole nitrogens is 1. The van der Waals surface area contributed by atoms with Crippen LogP contribution in [0.3, 0.4) is 0 Å². The van der Waals surface area contributed by atoms with Crippen molar-refractivity contribution in [2.24, 2.45) is 0 Å². The highest BCUT2D eigenvalue weighted by Crippen LogP contribution is 2.20. The monoisotopic (exact) mass is 186 g/mol. The predicted octanol–water partition coefficient (Wildman–Crippen LogP) is 2.84. The summed E-state index contributed by atoms with van der Waals surface area (Å²) in [5.74, 6) is -0.268. The van der Waals surface area contributed by atoms with Crippen LogP contribution >= 0.6 is 0 Å². The van der Waals surface area contributed by atoms with Gasteiger partial charge in [0.25, 0.3) is 0 Å². The second-order valence-corrected chi connectivity index (χ2v) is 2.90. The van der Waals surface area contributed by atoms with Crippen LogP contribution in [-0.2, 0) is 0 Å². The van der Waals surface area contributed by atoms with Crippen molar-refractivity contribution in [3.05, 3.63) is 41.9 Å². The molecule has 2 rings (SSSR count). The lowest BCUT2D eigenvalue weighted by Gasteiger charge is -1.91. The van der Waals surface area contributed by atoms with Gasteiger partial charge in [0, 0.05) is 28.7 Å². The molecule has 0 atom stereocenters. The van der Waals surface area contributed by atoms with E-state index >= 15 is 0 Å². The molecule has 1 aromatic carbocycles. The molecule has 1 N–H and O–H groups in total. The van der Waals surface area contributed by atoms with E-state index < -0.39 is 0 Å². The molecule has 0 bridgehead atoms. The number of nitrogens with zero attached hydrogens (tertiary/aromatic N) is 1. The summed E-state index contributed by atoms with van der Waals surface area (Å²) in [6.07, 6.45) is 4.83. The average Bonchev–Trinajstić information content (AvgIpc) is 2.57. The van der Waals surface area contributed by atoms with Crippen LogP contribution in [0.15, 0.2) is 30.5 Å². The first kappa shape index (κ1) is 8.52. The molecule has 2 nitrogen and oxygen atoms in total. The van der Waals surface area contributed by atoms with Gasteiger partial charge in [0.1, 0.15) is 5.82 Å². The number of aromatic nitrogens is 1. The van der Waals surface area contributed by atoms with Gasteiger partial charge in [-0.05, 0) is 24.3 Å². The van der Waals surface area contributed by atoms with Crippen LogP contribution in [0, 0.1) is 17.1 Å². The van der Waals surface area contributed by atoms with Crippen molar-refractivity contribution in [3.63, 3.8) is 0 Å². The molecule has 0 fully saturated rings. The Balaban J connectivity index is 2.59. The first-order chi connectivity index (χ1) is 6.81. The number of allylic oxidation sites excluding steroid dienone is 1. The van der Waals surface area contributed by atoms with E-state index in [1.165, 1.54) is 18.2 Å². The van der Waals surface area contributed by atoms with Gasteiger partial charge in [-0.2, -0.15) is 5.26 Å². The van der Waals surface area contributed by atoms with E-state index in [1.807, 2.05) is 6.07 Å². The third-order valence-corrected chi connectivity index (χ3v) is 2.01. The topological polar surface area (TPSA) is 39.6 Å². The zero-order valence-corrected chi connectivity index (χ0v) is 7.29. The van der Waals surface area contributed by atoms with Crippen molar-refractivity contribution >= 4 is 17.0 Å². The molecule has 0 aliphatic carbocycles. The van der Waals surface area contributed by atoms with E-state index in [4.69, 9.17) is 5.26 Å². The molecule has 0 radical (unpaired) electrons. The molecule has 0 aliphatic rings. The van der Waals surface area contributed by atoms with Gasteiger partial charge in [-0.3, -0.25) is 0 Å². The SMILES string of the molecule is N#CC=Cc1c[nH]c2cc(F)ccc12. The van der Waals surface area contributed by atoms with Gasteiger partial charge in [0.15, 0.2) is 0 Å². The quantitative estimate of drug-likeness (QED) is 0.683. The van der Waals surface area contributed by atoms with Crippen LogP contribution in [0.4, 0.5) is 4.39 Å². The minimum absolute atomic E-state index is 0.268. The highest BCUT2D eigenvalue weighted by atomic mass is 19.1. The molecule has 14 heavy (non-hydrogen) atoms. The fraction of sp³-hybridized carbons (Fsp3) is 0. The van der Waals surface area contributed by atoms with E-state index in [0.29, 0.717) is 0 Å². The number of hydrogen-bond donors (Lipinski definition) is 1. The first-order valence-electron chi connectivity index (χ1n) is 4.14. The molecular formula is C11H7FN2. The molecule has 0 saturated heterocycles. The van der Waals surface area contributed by atoms with E-state index in [1.54, 1.807) is 18.3 Å². The first-order valence-corrected chi connectivity index (χ1v) is 4.14.